The van der Waals surface area contributed by atoms with Crippen molar-refractivity contribution in [1.82, 2.24) is 10.3 Å². The highest BCUT2D eigenvalue weighted by atomic mass is 19.1. The molecule has 0 spiro atoms. The predicted molar refractivity (Wildman–Crippen MR) is 75.8 cm³/mol. The maximum Gasteiger partial charge on any atom is 0.126 e. The summed E-state index contributed by atoms with van der Waals surface area (Å²) < 4.78 is 13.7. The van der Waals surface area contributed by atoms with Crippen LogP contribution in [0.15, 0.2) is 30.3 Å². The van der Waals surface area contributed by atoms with Gasteiger partial charge in [0.1, 0.15) is 5.82 Å². The number of hydrogen-bond donors (Lipinski definition) is 1. The van der Waals surface area contributed by atoms with Crippen LogP contribution in [0.25, 0.3) is 0 Å². The molecule has 1 atom stereocenters. The summed E-state index contributed by atoms with van der Waals surface area (Å²) in [7, 11) is 1.88. The van der Waals surface area contributed by atoms with E-state index in [2.05, 4.69) is 16.4 Å². The zero-order chi connectivity index (χ0) is 14.0. The molecule has 1 unspecified atom stereocenters. The van der Waals surface area contributed by atoms with Crippen LogP contribution in [0.5, 0.6) is 0 Å². The van der Waals surface area contributed by atoms with E-state index in [4.69, 9.17) is 0 Å². The van der Waals surface area contributed by atoms with Gasteiger partial charge in [-0.1, -0.05) is 18.2 Å². The Morgan fingerprint density at radius 1 is 1.11 bits per heavy atom. The molecule has 0 amide bonds. The summed E-state index contributed by atoms with van der Waals surface area (Å²) in [5, 5.41) is 3.23. The van der Waals surface area contributed by atoms with Crippen molar-refractivity contribution in [1.29, 1.82) is 0 Å². The molecule has 1 heterocycles. The van der Waals surface area contributed by atoms with Gasteiger partial charge in [0.25, 0.3) is 0 Å². The lowest BCUT2D eigenvalue weighted by Gasteiger charge is -2.19. The molecule has 0 aliphatic rings. The third kappa shape index (κ3) is 2.82. The fourth-order valence-electron chi connectivity index (χ4n) is 2.29. The molecule has 3 heteroatoms. The minimum absolute atomic E-state index is 0.0387. The maximum absolute atomic E-state index is 13.7. The molecule has 0 aliphatic heterocycles. The first-order valence-electron chi connectivity index (χ1n) is 6.40. The minimum Gasteiger partial charge on any atom is -0.309 e. The van der Waals surface area contributed by atoms with Crippen LogP contribution in [-0.2, 0) is 0 Å². The highest BCUT2D eigenvalue weighted by Crippen LogP contribution is 2.25. The van der Waals surface area contributed by atoms with Gasteiger partial charge in [0.2, 0.25) is 0 Å². The highest BCUT2D eigenvalue weighted by Gasteiger charge is 2.16. The largest absolute Gasteiger partial charge is 0.309 e. The Kier molecular flexibility index (Phi) is 3.96. The van der Waals surface area contributed by atoms with Gasteiger partial charge in [-0.05, 0) is 56.6 Å². The number of halogens is 1. The number of aromatic nitrogens is 1. The molecule has 19 heavy (non-hydrogen) atoms. The van der Waals surface area contributed by atoms with Gasteiger partial charge in [0, 0.05) is 11.4 Å². The molecule has 2 nitrogen and oxygen atoms in total. The van der Waals surface area contributed by atoms with Gasteiger partial charge in [-0.2, -0.15) is 0 Å². The van der Waals surface area contributed by atoms with Gasteiger partial charge in [-0.3, -0.25) is 4.98 Å². The quantitative estimate of drug-likeness (QED) is 0.912. The molecule has 0 bridgehead atoms. The molecule has 0 radical (unpaired) electrons. The number of benzene rings is 1. The normalized spacial score (nSPS) is 12.5. The molecule has 0 fully saturated rings. The summed E-state index contributed by atoms with van der Waals surface area (Å²) in [5.74, 6) is -0.171. The average molecular weight is 258 g/mol. The molecule has 0 aliphatic carbocycles. The van der Waals surface area contributed by atoms with Gasteiger partial charge in [0.15, 0.2) is 0 Å². The molecule has 2 rings (SSSR count). The second kappa shape index (κ2) is 5.49. The smallest absolute Gasteiger partial charge is 0.126 e. The third-order valence-corrected chi connectivity index (χ3v) is 3.39. The Labute approximate surface area is 113 Å². The van der Waals surface area contributed by atoms with Crippen molar-refractivity contribution in [3.8, 4) is 0 Å². The van der Waals surface area contributed by atoms with Crippen LogP contribution in [0, 0.1) is 26.6 Å². The Bertz CT molecular complexity index is 593. The van der Waals surface area contributed by atoms with Gasteiger partial charge in [0.05, 0.1) is 6.04 Å². The first kappa shape index (κ1) is 13.7. The van der Waals surface area contributed by atoms with Crippen molar-refractivity contribution < 1.29 is 4.39 Å². The second-order valence-corrected chi connectivity index (χ2v) is 4.86. The maximum atomic E-state index is 13.7. The topological polar surface area (TPSA) is 24.9 Å². The summed E-state index contributed by atoms with van der Waals surface area (Å²) >= 11 is 0. The van der Waals surface area contributed by atoms with Crippen molar-refractivity contribution in [2.45, 2.75) is 26.8 Å². The Morgan fingerprint density at radius 2 is 1.84 bits per heavy atom. The van der Waals surface area contributed by atoms with E-state index in [-0.39, 0.29) is 11.9 Å². The van der Waals surface area contributed by atoms with E-state index in [1.165, 1.54) is 0 Å². The van der Waals surface area contributed by atoms with Crippen molar-refractivity contribution >= 4 is 0 Å². The SMILES string of the molecule is CNC(c1ccc(C)c(F)c1)c1ccc(C)nc1C. The number of hydrogen-bond acceptors (Lipinski definition) is 2. The van der Waals surface area contributed by atoms with Crippen LogP contribution in [-0.4, -0.2) is 12.0 Å². The lowest BCUT2D eigenvalue weighted by molar-refractivity contribution is 0.607. The standard InChI is InChI=1S/C16H19FN2/c1-10-5-7-13(9-15(10)17)16(18-4)14-8-6-11(2)19-12(14)3/h5-9,16,18H,1-4H3. The number of rotatable bonds is 3. The number of nitrogens with zero attached hydrogens (tertiary/aromatic N) is 1. The van der Waals surface area contributed by atoms with E-state index in [0.717, 1.165) is 22.5 Å². The van der Waals surface area contributed by atoms with Gasteiger partial charge >= 0.3 is 0 Å². The molecule has 0 saturated carbocycles. The lowest BCUT2D eigenvalue weighted by Crippen LogP contribution is -2.19. The molecule has 2 aromatic rings. The van der Waals surface area contributed by atoms with Crippen molar-refractivity contribution in [3.05, 3.63) is 64.2 Å². The average Bonchev–Trinajstić information content (AvgIpc) is 2.37. The zero-order valence-electron chi connectivity index (χ0n) is 11.8. The number of nitrogens with one attached hydrogen (secondary N) is 1. The summed E-state index contributed by atoms with van der Waals surface area (Å²) in [5.41, 5.74) is 4.62. The van der Waals surface area contributed by atoms with E-state index in [1.807, 2.05) is 39.1 Å². The van der Waals surface area contributed by atoms with E-state index in [0.29, 0.717) is 5.56 Å². The molecule has 1 N–H and O–H groups in total. The van der Waals surface area contributed by atoms with Crippen LogP contribution in [0.3, 0.4) is 0 Å². The molecule has 1 aromatic heterocycles. The van der Waals surface area contributed by atoms with Crippen LogP contribution < -0.4 is 5.32 Å². The van der Waals surface area contributed by atoms with E-state index in [9.17, 15) is 4.39 Å². The monoisotopic (exact) mass is 258 g/mol. The van der Waals surface area contributed by atoms with E-state index in [1.54, 1.807) is 13.0 Å². The van der Waals surface area contributed by atoms with Gasteiger partial charge < -0.3 is 5.32 Å². The molecule has 100 valence electrons. The fraction of sp³-hybridized carbons (Fsp3) is 0.312. The van der Waals surface area contributed by atoms with Crippen LogP contribution in [0.4, 0.5) is 4.39 Å². The zero-order valence-corrected chi connectivity index (χ0v) is 11.8. The summed E-state index contributed by atoms with van der Waals surface area (Å²) in [4.78, 5) is 4.47. The molecular weight excluding hydrogens is 239 g/mol. The van der Waals surface area contributed by atoms with Crippen molar-refractivity contribution in [2.24, 2.45) is 0 Å². The Hall–Kier alpha value is -1.74. The summed E-state index contributed by atoms with van der Waals surface area (Å²) in [6.45, 7) is 5.72. The second-order valence-electron chi connectivity index (χ2n) is 4.86. The minimum atomic E-state index is -0.171. The Morgan fingerprint density at radius 3 is 2.42 bits per heavy atom. The molecule has 1 aromatic carbocycles. The first-order chi connectivity index (χ1) is 9.02. The fourth-order valence-corrected chi connectivity index (χ4v) is 2.29. The summed E-state index contributed by atoms with van der Waals surface area (Å²) in [6.07, 6.45) is 0. The van der Waals surface area contributed by atoms with Crippen LogP contribution in [0.2, 0.25) is 0 Å². The van der Waals surface area contributed by atoms with Crippen LogP contribution >= 0.6 is 0 Å². The third-order valence-electron chi connectivity index (χ3n) is 3.39. The highest BCUT2D eigenvalue weighted by molar-refractivity contribution is 5.36. The number of aryl methyl sites for hydroxylation is 3. The Balaban J connectivity index is 2.46. The van der Waals surface area contributed by atoms with E-state index < -0.39 is 0 Å². The predicted octanol–water partition coefficient (Wildman–Crippen LogP) is 3.45. The summed E-state index contributed by atoms with van der Waals surface area (Å²) in [6, 6.07) is 9.36. The molecule has 0 saturated heterocycles. The number of pyridine rings is 1. The van der Waals surface area contributed by atoms with E-state index >= 15 is 0 Å². The van der Waals surface area contributed by atoms with Crippen molar-refractivity contribution in [2.75, 3.05) is 7.05 Å². The molecular formula is C16H19FN2. The van der Waals surface area contributed by atoms with Crippen LogP contribution in [0.1, 0.15) is 34.1 Å². The van der Waals surface area contributed by atoms with Gasteiger partial charge in [-0.15, -0.1) is 0 Å². The van der Waals surface area contributed by atoms with Gasteiger partial charge in [-0.25, -0.2) is 4.39 Å². The lowest BCUT2D eigenvalue weighted by atomic mass is 9.96. The first-order valence-corrected chi connectivity index (χ1v) is 6.40. The van der Waals surface area contributed by atoms with Crippen molar-refractivity contribution in [3.63, 3.8) is 0 Å².